The third-order valence-electron chi connectivity index (χ3n) is 2.34. The number of nitriles is 1. The summed E-state index contributed by atoms with van der Waals surface area (Å²) < 4.78 is 11.9. The zero-order chi connectivity index (χ0) is 12.8. The fourth-order valence-corrected chi connectivity index (χ4v) is 2.46. The van der Waals surface area contributed by atoms with E-state index in [1.807, 2.05) is 19.1 Å². The Morgan fingerprint density at radius 2 is 2.29 bits per heavy atom. The fourth-order valence-electron chi connectivity index (χ4n) is 1.42. The summed E-state index contributed by atoms with van der Waals surface area (Å²) in [6.45, 7) is 2.02. The van der Waals surface area contributed by atoms with Gasteiger partial charge in [-0.3, -0.25) is 4.21 Å². The Morgan fingerprint density at radius 1 is 1.59 bits per heavy atom. The molecule has 1 aromatic carbocycles. The fraction of sp³-hybridized carbons (Fsp3) is 0.417. The zero-order valence-electron chi connectivity index (χ0n) is 9.87. The van der Waals surface area contributed by atoms with Crippen LogP contribution in [0.3, 0.4) is 0 Å². The molecule has 2 atom stereocenters. The minimum Gasteiger partial charge on any atom is -0.381 e. The van der Waals surface area contributed by atoms with Crippen LogP contribution in [0.4, 0.5) is 5.69 Å². The Hall–Kier alpha value is -0.860. The molecule has 1 N–H and O–H groups in total. The van der Waals surface area contributed by atoms with Crippen LogP contribution in [0.15, 0.2) is 22.7 Å². The minimum atomic E-state index is -0.767. The average molecular weight is 315 g/mol. The van der Waals surface area contributed by atoms with Crippen LogP contribution in [0.1, 0.15) is 18.9 Å². The summed E-state index contributed by atoms with van der Waals surface area (Å²) in [6.07, 6.45) is 2.52. The second-order valence-corrected chi connectivity index (χ2v) is 6.38. The Morgan fingerprint density at radius 3 is 2.88 bits per heavy atom. The van der Waals surface area contributed by atoms with Gasteiger partial charge in [0.15, 0.2) is 0 Å². The normalized spacial score (nSPS) is 13.8. The number of benzene rings is 1. The summed E-state index contributed by atoms with van der Waals surface area (Å²) in [5.41, 5.74) is 1.44. The zero-order valence-corrected chi connectivity index (χ0v) is 12.3. The maximum atomic E-state index is 11.0. The predicted octanol–water partition coefficient (Wildman–Crippen LogP) is 2.89. The van der Waals surface area contributed by atoms with Gasteiger partial charge in [-0.15, -0.1) is 0 Å². The Balaban J connectivity index is 2.68. The van der Waals surface area contributed by atoms with Crippen molar-refractivity contribution in [2.24, 2.45) is 0 Å². The number of rotatable bonds is 5. The summed E-state index contributed by atoms with van der Waals surface area (Å²) >= 11 is 3.33. The molecule has 0 spiro atoms. The number of hydrogen-bond donors (Lipinski definition) is 1. The highest BCUT2D eigenvalue weighted by molar-refractivity contribution is 9.10. The molecule has 3 nitrogen and oxygen atoms in total. The van der Waals surface area contributed by atoms with Crippen LogP contribution < -0.4 is 5.32 Å². The lowest BCUT2D eigenvalue weighted by Crippen LogP contribution is -2.18. The van der Waals surface area contributed by atoms with Crippen molar-refractivity contribution in [3.05, 3.63) is 28.2 Å². The molecule has 0 radical (unpaired) electrons. The molecule has 5 heteroatoms. The van der Waals surface area contributed by atoms with Crippen molar-refractivity contribution in [2.75, 3.05) is 17.3 Å². The third kappa shape index (κ3) is 4.88. The van der Waals surface area contributed by atoms with E-state index >= 15 is 0 Å². The first-order chi connectivity index (χ1) is 8.02. The first kappa shape index (κ1) is 14.2. The highest BCUT2D eigenvalue weighted by atomic mass is 79.9. The molecule has 0 heterocycles. The van der Waals surface area contributed by atoms with Gasteiger partial charge < -0.3 is 5.32 Å². The van der Waals surface area contributed by atoms with E-state index in [9.17, 15) is 4.21 Å². The second kappa shape index (κ2) is 6.77. The Labute approximate surface area is 113 Å². The van der Waals surface area contributed by atoms with Crippen LogP contribution in [0.5, 0.6) is 0 Å². The summed E-state index contributed by atoms with van der Waals surface area (Å²) in [6, 6.07) is 7.91. The van der Waals surface area contributed by atoms with Crippen molar-refractivity contribution >= 4 is 32.4 Å². The summed E-state index contributed by atoms with van der Waals surface area (Å²) in [7, 11) is -0.767. The predicted molar refractivity (Wildman–Crippen MR) is 75.5 cm³/mol. The lowest BCUT2D eigenvalue weighted by molar-refractivity contribution is 0.678. The van der Waals surface area contributed by atoms with Crippen molar-refractivity contribution in [1.82, 2.24) is 0 Å². The minimum absolute atomic E-state index is 0.201. The highest BCUT2D eigenvalue weighted by Crippen LogP contribution is 2.21. The SMILES string of the molecule is CC(CCS(C)=O)Nc1ccc(Br)cc1C#N. The Bertz CT molecular complexity index is 456. The molecule has 0 bridgehead atoms. The van der Waals surface area contributed by atoms with Crippen molar-refractivity contribution in [2.45, 2.75) is 19.4 Å². The van der Waals surface area contributed by atoms with Crippen molar-refractivity contribution < 1.29 is 4.21 Å². The maximum Gasteiger partial charge on any atom is 0.101 e. The molecule has 92 valence electrons. The smallest absolute Gasteiger partial charge is 0.101 e. The summed E-state index contributed by atoms with van der Waals surface area (Å²) in [5, 5.41) is 12.3. The molecule has 0 aromatic heterocycles. The van der Waals surface area contributed by atoms with E-state index in [2.05, 4.69) is 27.3 Å². The molecule has 0 saturated carbocycles. The number of nitrogens with one attached hydrogen (secondary N) is 1. The third-order valence-corrected chi connectivity index (χ3v) is 3.65. The van der Waals surface area contributed by atoms with E-state index in [0.717, 1.165) is 16.6 Å². The number of anilines is 1. The topological polar surface area (TPSA) is 52.9 Å². The van der Waals surface area contributed by atoms with Gasteiger partial charge in [0.05, 0.1) is 11.3 Å². The van der Waals surface area contributed by atoms with Gasteiger partial charge in [-0.05, 0) is 31.5 Å². The van der Waals surface area contributed by atoms with Gasteiger partial charge in [0.1, 0.15) is 6.07 Å². The molecule has 0 aliphatic rings. The molecule has 0 aliphatic carbocycles. The molecule has 1 rings (SSSR count). The van der Waals surface area contributed by atoms with Gasteiger partial charge in [0.2, 0.25) is 0 Å². The van der Waals surface area contributed by atoms with Gasteiger partial charge in [-0.25, -0.2) is 0 Å². The van der Waals surface area contributed by atoms with Gasteiger partial charge in [0, 0.05) is 33.3 Å². The van der Waals surface area contributed by atoms with Gasteiger partial charge in [0.25, 0.3) is 0 Å². The summed E-state index contributed by atoms with van der Waals surface area (Å²) in [5.74, 6) is 0.673. The van der Waals surface area contributed by atoms with E-state index < -0.39 is 10.8 Å². The van der Waals surface area contributed by atoms with Crippen LogP contribution in [0.25, 0.3) is 0 Å². The number of nitrogens with zero attached hydrogens (tertiary/aromatic N) is 1. The lowest BCUT2D eigenvalue weighted by Gasteiger charge is -2.15. The number of hydrogen-bond acceptors (Lipinski definition) is 3. The highest BCUT2D eigenvalue weighted by Gasteiger charge is 2.07. The van der Waals surface area contributed by atoms with Crippen molar-refractivity contribution in [3.63, 3.8) is 0 Å². The van der Waals surface area contributed by atoms with Gasteiger partial charge in [-0.2, -0.15) is 5.26 Å². The molecule has 2 unspecified atom stereocenters. The van der Waals surface area contributed by atoms with Gasteiger partial charge in [-0.1, -0.05) is 15.9 Å². The van der Waals surface area contributed by atoms with Crippen LogP contribution in [0, 0.1) is 11.3 Å². The van der Waals surface area contributed by atoms with Crippen LogP contribution in [-0.2, 0) is 10.8 Å². The largest absolute Gasteiger partial charge is 0.381 e. The molecule has 0 aliphatic heterocycles. The van der Waals surface area contributed by atoms with E-state index in [4.69, 9.17) is 5.26 Å². The van der Waals surface area contributed by atoms with E-state index in [-0.39, 0.29) is 6.04 Å². The maximum absolute atomic E-state index is 11.0. The lowest BCUT2D eigenvalue weighted by atomic mass is 10.1. The molecule has 0 fully saturated rings. The molecule has 17 heavy (non-hydrogen) atoms. The van der Waals surface area contributed by atoms with E-state index in [1.54, 1.807) is 12.3 Å². The van der Waals surface area contributed by atoms with Crippen LogP contribution in [0.2, 0.25) is 0 Å². The molecule has 1 aromatic rings. The monoisotopic (exact) mass is 314 g/mol. The van der Waals surface area contributed by atoms with E-state index in [1.165, 1.54) is 0 Å². The Kier molecular flexibility index (Phi) is 5.66. The van der Waals surface area contributed by atoms with Crippen molar-refractivity contribution in [3.8, 4) is 6.07 Å². The second-order valence-electron chi connectivity index (χ2n) is 3.91. The van der Waals surface area contributed by atoms with Crippen molar-refractivity contribution in [1.29, 1.82) is 5.26 Å². The first-order valence-electron chi connectivity index (χ1n) is 5.29. The van der Waals surface area contributed by atoms with E-state index in [0.29, 0.717) is 11.3 Å². The average Bonchev–Trinajstić information content (AvgIpc) is 2.28. The molecular formula is C12H15BrN2OS. The first-order valence-corrected chi connectivity index (χ1v) is 7.81. The standard InChI is InChI=1S/C12H15BrN2OS/c1-9(5-6-17(2)16)15-12-4-3-11(13)7-10(12)8-14/h3-4,7,9,15H,5-6H2,1-2H3. The number of halogens is 1. The molecular weight excluding hydrogens is 300 g/mol. The molecule has 0 saturated heterocycles. The molecule has 0 amide bonds. The quantitative estimate of drug-likeness (QED) is 0.909. The van der Waals surface area contributed by atoms with Gasteiger partial charge >= 0.3 is 0 Å². The van der Waals surface area contributed by atoms with Crippen LogP contribution >= 0.6 is 15.9 Å². The van der Waals surface area contributed by atoms with Crippen LogP contribution in [-0.4, -0.2) is 22.3 Å². The summed E-state index contributed by atoms with van der Waals surface area (Å²) in [4.78, 5) is 0.